The average Bonchev–Trinajstić information content (AvgIpc) is 2.38. The van der Waals surface area contributed by atoms with Gasteiger partial charge in [0.25, 0.3) is 11.6 Å². The maximum atomic E-state index is 11.9. The zero-order chi connectivity index (χ0) is 15.3. The molecule has 0 aliphatic carbocycles. The highest BCUT2D eigenvalue weighted by molar-refractivity contribution is 14.1. The van der Waals surface area contributed by atoms with Gasteiger partial charge in [-0.2, -0.15) is 0 Å². The van der Waals surface area contributed by atoms with Crippen LogP contribution in [0.1, 0.15) is 10.4 Å². The van der Waals surface area contributed by atoms with Gasteiger partial charge in [-0.05, 0) is 35.7 Å². The molecule has 0 saturated carbocycles. The Hall–Kier alpha value is -1.27. The van der Waals surface area contributed by atoms with Crippen LogP contribution >= 0.6 is 22.6 Å². The molecule has 1 aromatic carbocycles. The average molecular weight is 413 g/mol. The van der Waals surface area contributed by atoms with Gasteiger partial charge in [0.2, 0.25) is 10.0 Å². The van der Waals surface area contributed by atoms with Crippen LogP contribution in [0, 0.1) is 13.7 Å². The van der Waals surface area contributed by atoms with E-state index in [4.69, 9.17) is 0 Å². The number of carbonyl (C=O) groups excluding carboxylic acids is 1. The van der Waals surface area contributed by atoms with Gasteiger partial charge in [0.1, 0.15) is 0 Å². The maximum Gasteiger partial charge on any atom is 0.270 e. The van der Waals surface area contributed by atoms with Crippen molar-refractivity contribution in [2.45, 2.75) is 0 Å². The molecule has 0 fully saturated rings. The first-order chi connectivity index (χ1) is 9.26. The quantitative estimate of drug-likeness (QED) is 0.400. The van der Waals surface area contributed by atoms with E-state index in [0.717, 1.165) is 6.07 Å². The summed E-state index contributed by atoms with van der Waals surface area (Å²) in [5.41, 5.74) is -0.0555. The summed E-state index contributed by atoms with van der Waals surface area (Å²) >= 11 is 1.88. The van der Waals surface area contributed by atoms with Crippen LogP contribution < -0.4 is 10.0 Å². The van der Waals surface area contributed by atoms with Crippen LogP contribution in [0.4, 0.5) is 5.69 Å². The van der Waals surface area contributed by atoms with Crippen molar-refractivity contribution in [3.8, 4) is 0 Å². The summed E-state index contributed by atoms with van der Waals surface area (Å²) in [5.74, 6) is -0.815. The summed E-state index contributed by atoms with van der Waals surface area (Å²) in [6, 6.07) is 3.91. The minimum Gasteiger partial charge on any atom is -0.351 e. The molecule has 8 nitrogen and oxygen atoms in total. The molecule has 0 bridgehead atoms. The van der Waals surface area contributed by atoms with Gasteiger partial charge in [0.15, 0.2) is 0 Å². The highest BCUT2D eigenvalue weighted by Crippen LogP contribution is 2.19. The van der Waals surface area contributed by atoms with Gasteiger partial charge in [0, 0.05) is 22.2 Å². The predicted octanol–water partition coefficient (Wildman–Crippen LogP) is 0.478. The fourth-order valence-electron chi connectivity index (χ4n) is 1.30. The van der Waals surface area contributed by atoms with E-state index in [1.165, 1.54) is 19.2 Å². The maximum absolute atomic E-state index is 11.9. The number of carbonyl (C=O) groups is 1. The summed E-state index contributed by atoms with van der Waals surface area (Å²) in [5, 5.41) is 13.1. The molecule has 1 rings (SSSR count). The molecule has 110 valence electrons. The fourth-order valence-corrected chi connectivity index (χ4v) is 2.45. The molecule has 0 unspecified atom stereocenters. The van der Waals surface area contributed by atoms with Crippen LogP contribution in [-0.2, 0) is 10.0 Å². The Bertz CT molecular complexity index is 632. The van der Waals surface area contributed by atoms with Crippen LogP contribution in [0.5, 0.6) is 0 Å². The van der Waals surface area contributed by atoms with Crippen molar-refractivity contribution in [2.75, 3.05) is 19.3 Å². The normalized spacial score (nSPS) is 11.1. The van der Waals surface area contributed by atoms with Crippen LogP contribution in [0.2, 0.25) is 0 Å². The van der Waals surface area contributed by atoms with Gasteiger partial charge in [-0.3, -0.25) is 14.9 Å². The molecule has 10 heteroatoms. The Morgan fingerprint density at radius 1 is 1.45 bits per heavy atom. The molecule has 0 saturated heterocycles. The number of non-ortho nitro benzene ring substituents is 1. The van der Waals surface area contributed by atoms with E-state index in [-0.39, 0.29) is 23.5 Å². The summed E-state index contributed by atoms with van der Waals surface area (Å²) in [6.45, 7) is -0.0826. The number of hydrogen-bond acceptors (Lipinski definition) is 5. The van der Waals surface area contributed by atoms with E-state index in [0.29, 0.717) is 3.57 Å². The van der Waals surface area contributed by atoms with E-state index in [9.17, 15) is 23.3 Å². The van der Waals surface area contributed by atoms with Gasteiger partial charge in [-0.1, -0.05) is 0 Å². The summed E-state index contributed by atoms with van der Waals surface area (Å²) in [6.07, 6.45) is 0. The van der Waals surface area contributed by atoms with Crippen molar-refractivity contribution in [3.63, 3.8) is 0 Å². The number of nitro groups is 1. The smallest absolute Gasteiger partial charge is 0.270 e. The van der Waals surface area contributed by atoms with Crippen LogP contribution in [-0.4, -0.2) is 38.6 Å². The molecule has 1 amide bonds. The number of halogens is 1. The SMILES string of the molecule is CNS(=O)(=O)CCNC(=O)c1cc([N+](=O)[O-])ccc1I. The molecule has 0 radical (unpaired) electrons. The van der Waals surface area contributed by atoms with Crippen LogP contribution in [0.3, 0.4) is 0 Å². The Balaban J connectivity index is 2.78. The van der Waals surface area contributed by atoms with Crippen molar-refractivity contribution in [3.05, 3.63) is 37.4 Å². The lowest BCUT2D eigenvalue weighted by molar-refractivity contribution is -0.384. The lowest BCUT2D eigenvalue weighted by Crippen LogP contribution is -2.33. The molecule has 0 heterocycles. The van der Waals surface area contributed by atoms with E-state index < -0.39 is 20.9 Å². The van der Waals surface area contributed by atoms with Gasteiger partial charge >= 0.3 is 0 Å². The minimum absolute atomic E-state index is 0.0826. The van der Waals surface area contributed by atoms with Crippen LogP contribution in [0.25, 0.3) is 0 Å². The molecule has 1 aromatic rings. The second-order valence-electron chi connectivity index (χ2n) is 3.70. The Kier molecular flexibility index (Phi) is 5.83. The Morgan fingerprint density at radius 2 is 2.10 bits per heavy atom. The predicted molar refractivity (Wildman–Crippen MR) is 81.0 cm³/mol. The summed E-state index contributed by atoms with van der Waals surface area (Å²) < 4.78 is 25.0. The Labute approximate surface area is 129 Å². The summed E-state index contributed by atoms with van der Waals surface area (Å²) in [7, 11) is -2.13. The molecule has 0 spiro atoms. The number of sulfonamides is 1. The fraction of sp³-hybridized carbons (Fsp3) is 0.300. The first kappa shape index (κ1) is 16.8. The monoisotopic (exact) mass is 413 g/mol. The van der Waals surface area contributed by atoms with Gasteiger partial charge in [-0.15, -0.1) is 0 Å². The molecule has 2 N–H and O–H groups in total. The number of hydrogen-bond donors (Lipinski definition) is 2. The molecule has 0 aliphatic rings. The van der Waals surface area contributed by atoms with E-state index in [1.54, 1.807) is 0 Å². The highest BCUT2D eigenvalue weighted by atomic mass is 127. The second kappa shape index (κ2) is 6.95. The molecule has 0 aromatic heterocycles. The number of rotatable bonds is 6. The lowest BCUT2D eigenvalue weighted by atomic mass is 10.2. The van der Waals surface area contributed by atoms with Gasteiger partial charge < -0.3 is 5.32 Å². The van der Waals surface area contributed by atoms with Crippen molar-refractivity contribution < 1.29 is 18.1 Å². The topological polar surface area (TPSA) is 118 Å². The van der Waals surface area contributed by atoms with Crippen LogP contribution in [0.15, 0.2) is 18.2 Å². The van der Waals surface area contributed by atoms with Gasteiger partial charge in [-0.25, -0.2) is 13.1 Å². The number of nitrogens with zero attached hydrogens (tertiary/aromatic N) is 1. The molecule has 20 heavy (non-hydrogen) atoms. The third-order valence-corrected chi connectivity index (χ3v) is 4.68. The van der Waals surface area contributed by atoms with E-state index >= 15 is 0 Å². The van der Waals surface area contributed by atoms with Crippen molar-refractivity contribution in [2.24, 2.45) is 0 Å². The van der Waals surface area contributed by atoms with E-state index in [2.05, 4.69) is 10.0 Å². The first-order valence-corrected chi connectivity index (χ1v) is 8.13. The van der Waals surface area contributed by atoms with E-state index in [1.807, 2.05) is 22.6 Å². The second-order valence-corrected chi connectivity index (χ2v) is 6.91. The molecular formula is C10H12IN3O5S. The third-order valence-electron chi connectivity index (χ3n) is 2.37. The minimum atomic E-state index is -3.40. The van der Waals surface area contributed by atoms with Crippen molar-refractivity contribution in [1.82, 2.24) is 10.0 Å². The zero-order valence-electron chi connectivity index (χ0n) is 10.4. The highest BCUT2D eigenvalue weighted by Gasteiger charge is 2.16. The number of amides is 1. The third kappa shape index (κ3) is 4.68. The van der Waals surface area contributed by atoms with Crippen molar-refractivity contribution in [1.29, 1.82) is 0 Å². The molecular weight excluding hydrogens is 401 g/mol. The summed E-state index contributed by atoms with van der Waals surface area (Å²) in [4.78, 5) is 21.9. The number of nitrogens with one attached hydrogen (secondary N) is 2. The molecule has 0 atom stereocenters. The Morgan fingerprint density at radius 3 is 2.65 bits per heavy atom. The van der Waals surface area contributed by atoms with Gasteiger partial charge in [0.05, 0.1) is 16.2 Å². The number of benzene rings is 1. The zero-order valence-corrected chi connectivity index (χ0v) is 13.4. The number of nitro benzene ring substituents is 1. The molecule has 0 aliphatic heterocycles. The standard InChI is InChI=1S/C10H12IN3O5S/c1-12-20(18,19)5-4-13-10(15)8-6-7(14(16)17)2-3-9(8)11/h2-3,6,12H,4-5H2,1H3,(H,13,15). The van der Waals surface area contributed by atoms with Crippen molar-refractivity contribution >= 4 is 44.2 Å². The first-order valence-electron chi connectivity index (χ1n) is 5.40. The lowest BCUT2D eigenvalue weighted by Gasteiger charge is -2.07. The largest absolute Gasteiger partial charge is 0.351 e.